The molecule has 0 bridgehead atoms. The third-order valence-electron chi connectivity index (χ3n) is 5.99. The molecule has 0 radical (unpaired) electrons. The van der Waals surface area contributed by atoms with Crippen LogP contribution in [0.25, 0.3) is 0 Å². The van der Waals surface area contributed by atoms with E-state index in [9.17, 15) is 23.1 Å². The van der Waals surface area contributed by atoms with E-state index in [1.165, 1.54) is 6.07 Å². The quantitative estimate of drug-likeness (QED) is 0.321. The Balaban J connectivity index is 1.36. The third kappa shape index (κ3) is 6.53. The molecule has 2 aromatic rings. The number of thiophene rings is 1. The molecule has 5 N–H and O–H groups in total. The van der Waals surface area contributed by atoms with Crippen LogP contribution in [0.2, 0.25) is 0 Å². The van der Waals surface area contributed by atoms with Crippen LogP contribution in [-0.4, -0.2) is 69.7 Å². The standard InChI is InChI=1S/C23H30N6O5S2/c30-21(26-15-18(22(31)32)28-36(33,34)20-6-3-14-35-20)16-7-9-17(10-8-16)29-13-2-1-5-19(29)27-23-24-11-4-12-25-23/h3,6-10,14,18-19,28H,1-2,4-5,11-13,15H2,(H,26,30)(H,31,32)(H2,24,25,27)/t18-,19?/m0/s1. The van der Waals surface area contributed by atoms with Gasteiger partial charge in [0.15, 0.2) is 5.96 Å². The molecule has 0 aliphatic carbocycles. The minimum Gasteiger partial charge on any atom is -0.480 e. The number of carboxylic acids is 1. The molecular formula is C23H30N6O5S2. The number of amides is 1. The summed E-state index contributed by atoms with van der Waals surface area (Å²) >= 11 is 0.978. The predicted octanol–water partition coefficient (Wildman–Crippen LogP) is 1.16. The first-order valence-electron chi connectivity index (χ1n) is 11.8. The molecule has 11 nitrogen and oxygen atoms in total. The fourth-order valence-electron chi connectivity index (χ4n) is 4.12. The van der Waals surface area contributed by atoms with Gasteiger partial charge in [0.05, 0.1) is 0 Å². The van der Waals surface area contributed by atoms with Crippen LogP contribution in [0.15, 0.2) is 51.0 Å². The summed E-state index contributed by atoms with van der Waals surface area (Å²) in [6.45, 7) is 2.19. The number of nitrogens with zero attached hydrogens (tertiary/aromatic N) is 2. The Morgan fingerprint density at radius 3 is 2.67 bits per heavy atom. The fraction of sp³-hybridized carbons (Fsp3) is 0.435. The fourth-order valence-corrected chi connectivity index (χ4v) is 6.32. The van der Waals surface area contributed by atoms with Crippen molar-refractivity contribution in [1.29, 1.82) is 0 Å². The summed E-state index contributed by atoms with van der Waals surface area (Å²) in [7, 11) is -4.00. The number of carbonyl (C=O) groups is 2. The zero-order chi connectivity index (χ0) is 25.5. The lowest BCUT2D eigenvalue weighted by Gasteiger charge is -2.39. The van der Waals surface area contributed by atoms with Crippen LogP contribution < -0.4 is 25.6 Å². The highest BCUT2D eigenvalue weighted by atomic mass is 32.2. The first-order chi connectivity index (χ1) is 17.3. The van der Waals surface area contributed by atoms with Crippen molar-refractivity contribution in [2.24, 2.45) is 4.99 Å². The lowest BCUT2D eigenvalue weighted by atomic mass is 10.1. The molecule has 2 aliphatic heterocycles. The molecule has 3 heterocycles. The molecule has 1 amide bonds. The zero-order valence-electron chi connectivity index (χ0n) is 19.6. The van der Waals surface area contributed by atoms with E-state index in [2.05, 4.69) is 30.6 Å². The number of aliphatic carboxylic acids is 1. The number of piperidine rings is 1. The summed E-state index contributed by atoms with van der Waals surface area (Å²) in [5.74, 6) is -1.06. The molecule has 1 fully saturated rings. The zero-order valence-corrected chi connectivity index (χ0v) is 21.3. The van der Waals surface area contributed by atoms with Gasteiger partial charge in [-0.1, -0.05) is 6.07 Å². The molecule has 194 valence electrons. The average molecular weight is 535 g/mol. The van der Waals surface area contributed by atoms with E-state index in [0.717, 1.165) is 68.3 Å². The van der Waals surface area contributed by atoms with E-state index in [4.69, 9.17) is 0 Å². The summed E-state index contributed by atoms with van der Waals surface area (Å²) in [6, 6.07) is 8.52. The highest BCUT2D eigenvalue weighted by molar-refractivity contribution is 7.91. The van der Waals surface area contributed by atoms with Crippen molar-refractivity contribution in [3.05, 3.63) is 47.3 Å². The minimum atomic E-state index is -4.00. The second-order valence-corrected chi connectivity index (χ2v) is 11.4. The highest BCUT2D eigenvalue weighted by Crippen LogP contribution is 2.24. The lowest BCUT2D eigenvalue weighted by molar-refractivity contribution is -0.138. The van der Waals surface area contributed by atoms with Crippen LogP contribution in [0.5, 0.6) is 0 Å². The maximum atomic E-state index is 12.7. The summed E-state index contributed by atoms with van der Waals surface area (Å²) in [5, 5.41) is 20.3. The number of hydrogen-bond donors (Lipinski definition) is 5. The Labute approximate surface area is 214 Å². The van der Waals surface area contributed by atoms with Gasteiger partial charge in [-0.3, -0.25) is 14.6 Å². The molecule has 1 aromatic carbocycles. The van der Waals surface area contributed by atoms with Gasteiger partial charge >= 0.3 is 5.97 Å². The van der Waals surface area contributed by atoms with Gasteiger partial charge in [0, 0.05) is 37.4 Å². The average Bonchev–Trinajstić information content (AvgIpc) is 3.44. The number of carbonyl (C=O) groups excluding carboxylic acids is 1. The Morgan fingerprint density at radius 1 is 1.19 bits per heavy atom. The van der Waals surface area contributed by atoms with Crippen molar-refractivity contribution < 1.29 is 23.1 Å². The summed E-state index contributed by atoms with van der Waals surface area (Å²) < 4.78 is 26.9. The molecular weight excluding hydrogens is 504 g/mol. The number of anilines is 1. The first-order valence-corrected chi connectivity index (χ1v) is 14.2. The van der Waals surface area contributed by atoms with Crippen LogP contribution in [0, 0.1) is 0 Å². The number of nitrogens with one attached hydrogen (secondary N) is 4. The summed E-state index contributed by atoms with van der Waals surface area (Å²) in [4.78, 5) is 31.0. The molecule has 2 atom stereocenters. The van der Waals surface area contributed by atoms with Gasteiger partial charge in [0.2, 0.25) is 0 Å². The number of sulfonamides is 1. The lowest BCUT2D eigenvalue weighted by Crippen LogP contribution is -2.55. The van der Waals surface area contributed by atoms with Crippen LogP contribution in [0.3, 0.4) is 0 Å². The van der Waals surface area contributed by atoms with E-state index in [1.54, 1.807) is 23.6 Å². The van der Waals surface area contributed by atoms with Crippen molar-refractivity contribution in [2.45, 2.75) is 42.1 Å². The smallest absolute Gasteiger partial charge is 0.323 e. The molecule has 1 saturated heterocycles. The van der Waals surface area contributed by atoms with Crippen molar-refractivity contribution in [2.75, 3.05) is 31.1 Å². The van der Waals surface area contributed by atoms with E-state index in [-0.39, 0.29) is 10.4 Å². The van der Waals surface area contributed by atoms with Crippen molar-refractivity contribution in [3.63, 3.8) is 0 Å². The normalized spacial score (nSPS) is 19.1. The monoisotopic (exact) mass is 534 g/mol. The Morgan fingerprint density at radius 2 is 2.00 bits per heavy atom. The number of hydrogen-bond acceptors (Lipinski definition) is 9. The van der Waals surface area contributed by atoms with E-state index < -0.39 is 34.5 Å². The predicted molar refractivity (Wildman–Crippen MR) is 138 cm³/mol. The second kappa shape index (κ2) is 11.7. The Hall–Kier alpha value is -3.16. The van der Waals surface area contributed by atoms with Crippen LogP contribution >= 0.6 is 11.3 Å². The van der Waals surface area contributed by atoms with Gasteiger partial charge < -0.3 is 26.0 Å². The molecule has 1 unspecified atom stereocenters. The van der Waals surface area contributed by atoms with Crippen LogP contribution in [-0.2, 0) is 14.8 Å². The van der Waals surface area contributed by atoms with Crippen molar-refractivity contribution in [3.8, 4) is 0 Å². The molecule has 1 aromatic heterocycles. The third-order valence-corrected chi connectivity index (χ3v) is 8.86. The van der Waals surface area contributed by atoms with E-state index in [0.29, 0.717) is 5.56 Å². The van der Waals surface area contributed by atoms with Gasteiger partial charge in [-0.2, -0.15) is 4.72 Å². The maximum Gasteiger partial charge on any atom is 0.323 e. The number of aliphatic imine (C=N–C) groups is 1. The van der Waals surface area contributed by atoms with E-state index >= 15 is 0 Å². The highest BCUT2D eigenvalue weighted by Gasteiger charge is 2.27. The number of rotatable bonds is 9. The number of guanidine groups is 1. The molecule has 2 aliphatic rings. The SMILES string of the molecule is O=C(NC[C@H](NS(=O)(=O)c1cccs1)C(=O)O)c1ccc(N2CCCCC2NC2=NCCCN2)cc1. The van der Waals surface area contributed by atoms with Gasteiger partial charge in [0.1, 0.15) is 16.4 Å². The van der Waals surface area contributed by atoms with Crippen molar-refractivity contribution in [1.82, 2.24) is 20.7 Å². The van der Waals surface area contributed by atoms with Crippen LogP contribution in [0.1, 0.15) is 36.0 Å². The topological polar surface area (TPSA) is 152 Å². The van der Waals surface area contributed by atoms with Gasteiger partial charge in [-0.05, 0) is 61.4 Å². The van der Waals surface area contributed by atoms with Crippen molar-refractivity contribution >= 4 is 44.9 Å². The Kier molecular flexibility index (Phi) is 8.44. The van der Waals surface area contributed by atoms with Crippen LogP contribution in [0.4, 0.5) is 5.69 Å². The number of benzene rings is 1. The van der Waals surface area contributed by atoms with Gasteiger partial charge in [-0.25, -0.2) is 8.42 Å². The Bertz CT molecular complexity index is 1180. The largest absolute Gasteiger partial charge is 0.480 e. The molecule has 36 heavy (non-hydrogen) atoms. The molecule has 13 heteroatoms. The van der Waals surface area contributed by atoms with E-state index in [1.807, 2.05) is 12.1 Å². The minimum absolute atomic E-state index is 0.00696. The first kappa shape index (κ1) is 25.9. The van der Waals surface area contributed by atoms with Gasteiger partial charge in [0.25, 0.3) is 15.9 Å². The molecule has 0 spiro atoms. The number of carboxylic acid groups (broad SMARTS) is 1. The summed E-state index contributed by atoms with van der Waals surface area (Å²) in [6.07, 6.45) is 4.27. The molecule has 4 rings (SSSR count). The molecule has 0 saturated carbocycles. The summed E-state index contributed by atoms with van der Waals surface area (Å²) in [5.41, 5.74) is 1.32. The maximum absolute atomic E-state index is 12.7. The second-order valence-electron chi connectivity index (χ2n) is 8.56. The van der Waals surface area contributed by atoms with Gasteiger partial charge in [-0.15, -0.1) is 11.3 Å².